The third-order valence-corrected chi connectivity index (χ3v) is 3.05. The van der Waals surface area contributed by atoms with Crippen LogP contribution in [0, 0.1) is 0 Å². The van der Waals surface area contributed by atoms with Gasteiger partial charge in [-0.1, -0.05) is 11.6 Å². The first-order valence-electron chi connectivity index (χ1n) is 4.04. The molecule has 5 heteroatoms. The number of aliphatic carboxylic acids is 1. The summed E-state index contributed by atoms with van der Waals surface area (Å²) in [6.07, 6.45) is 1.61. The minimum Gasteiger partial charge on any atom is -0.480 e. The molecule has 0 amide bonds. The van der Waals surface area contributed by atoms with Crippen molar-refractivity contribution < 1.29 is 9.90 Å². The Bertz CT molecular complexity index is 332. The maximum atomic E-state index is 10.5. The molecule has 1 aromatic heterocycles. The smallest absolute Gasteiger partial charge is 0.316 e. The molecule has 0 saturated carbocycles. The second-order valence-corrected chi connectivity index (χ2v) is 4.49. The fourth-order valence-corrected chi connectivity index (χ4v) is 1.79. The molecule has 0 aliphatic carbocycles. The second kappa shape index (κ2) is 5.22. The molecular weight excluding hydrogens is 222 g/mol. The molecule has 1 rings (SSSR count). The predicted octanol–water partition coefficient (Wildman–Crippen LogP) is 2.44. The number of thioether (sulfide) groups is 1. The highest BCUT2D eigenvalue weighted by Gasteiger charge is 2.10. The van der Waals surface area contributed by atoms with E-state index in [1.807, 2.05) is 6.07 Å². The van der Waals surface area contributed by atoms with Crippen LogP contribution in [0.5, 0.6) is 0 Å². The lowest BCUT2D eigenvalue weighted by molar-refractivity contribution is -0.136. The van der Waals surface area contributed by atoms with Crippen molar-refractivity contribution in [1.82, 2.24) is 4.98 Å². The third-order valence-electron chi connectivity index (χ3n) is 1.64. The number of carbonyl (C=O) groups is 1. The molecule has 1 unspecified atom stereocenters. The highest BCUT2D eigenvalue weighted by molar-refractivity contribution is 7.99. The van der Waals surface area contributed by atoms with Crippen molar-refractivity contribution in [1.29, 1.82) is 0 Å². The maximum Gasteiger partial charge on any atom is 0.316 e. The van der Waals surface area contributed by atoms with E-state index in [0.717, 1.165) is 5.56 Å². The van der Waals surface area contributed by atoms with Gasteiger partial charge in [0.05, 0.1) is 5.25 Å². The van der Waals surface area contributed by atoms with E-state index in [-0.39, 0.29) is 0 Å². The first-order chi connectivity index (χ1) is 6.59. The van der Waals surface area contributed by atoms with Crippen LogP contribution in [0.1, 0.15) is 12.5 Å². The van der Waals surface area contributed by atoms with E-state index in [0.29, 0.717) is 10.9 Å². The normalized spacial score (nSPS) is 12.4. The standard InChI is InChI=1S/C9H10ClNO2S/c1-6(9(12)13)14-5-7-2-3-11-8(10)4-7/h2-4,6H,5H2,1H3,(H,12,13). The summed E-state index contributed by atoms with van der Waals surface area (Å²) in [5, 5.41) is 8.69. The maximum absolute atomic E-state index is 10.5. The molecule has 14 heavy (non-hydrogen) atoms. The number of carboxylic acid groups (broad SMARTS) is 1. The molecule has 0 fully saturated rings. The van der Waals surface area contributed by atoms with Crippen molar-refractivity contribution in [3.8, 4) is 0 Å². The van der Waals surface area contributed by atoms with Crippen LogP contribution in [0.3, 0.4) is 0 Å². The molecule has 76 valence electrons. The Morgan fingerprint density at radius 2 is 2.50 bits per heavy atom. The van der Waals surface area contributed by atoms with Crippen molar-refractivity contribution >= 4 is 29.3 Å². The summed E-state index contributed by atoms with van der Waals surface area (Å²) in [7, 11) is 0. The summed E-state index contributed by atoms with van der Waals surface area (Å²) in [4.78, 5) is 14.4. The number of pyridine rings is 1. The van der Waals surface area contributed by atoms with E-state index < -0.39 is 11.2 Å². The summed E-state index contributed by atoms with van der Waals surface area (Å²) >= 11 is 7.05. The summed E-state index contributed by atoms with van der Waals surface area (Å²) < 4.78 is 0. The molecule has 0 spiro atoms. The molecule has 0 saturated heterocycles. The van der Waals surface area contributed by atoms with Crippen LogP contribution in [-0.2, 0) is 10.5 Å². The molecule has 0 radical (unpaired) electrons. The molecule has 0 aromatic carbocycles. The Morgan fingerprint density at radius 1 is 1.79 bits per heavy atom. The highest BCUT2D eigenvalue weighted by atomic mass is 35.5. The van der Waals surface area contributed by atoms with E-state index in [4.69, 9.17) is 16.7 Å². The lowest BCUT2D eigenvalue weighted by Gasteiger charge is -2.05. The van der Waals surface area contributed by atoms with Crippen LogP contribution in [0.4, 0.5) is 0 Å². The van der Waals surface area contributed by atoms with Gasteiger partial charge in [0.2, 0.25) is 0 Å². The zero-order valence-electron chi connectivity index (χ0n) is 7.61. The number of aromatic nitrogens is 1. The van der Waals surface area contributed by atoms with Gasteiger partial charge < -0.3 is 5.11 Å². The molecule has 1 aromatic rings. The fourth-order valence-electron chi connectivity index (χ4n) is 0.825. The number of carboxylic acids is 1. The predicted molar refractivity (Wildman–Crippen MR) is 57.6 cm³/mol. The van der Waals surface area contributed by atoms with Gasteiger partial charge in [0.25, 0.3) is 0 Å². The lowest BCUT2D eigenvalue weighted by Crippen LogP contribution is -2.11. The molecule has 0 aliphatic rings. The van der Waals surface area contributed by atoms with Crippen LogP contribution in [0.15, 0.2) is 18.3 Å². The van der Waals surface area contributed by atoms with Gasteiger partial charge in [0.15, 0.2) is 0 Å². The van der Waals surface area contributed by atoms with Crippen molar-refractivity contribution in [2.24, 2.45) is 0 Å². The Labute approximate surface area is 91.5 Å². The van der Waals surface area contributed by atoms with Crippen LogP contribution >= 0.6 is 23.4 Å². The number of hydrogen-bond acceptors (Lipinski definition) is 3. The summed E-state index contributed by atoms with van der Waals surface area (Å²) in [6, 6.07) is 3.57. The zero-order valence-corrected chi connectivity index (χ0v) is 9.18. The Kier molecular flexibility index (Phi) is 4.22. The minimum atomic E-state index is -0.796. The number of nitrogens with zero attached hydrogens (tertiary/aromatic N) is 1. The van der Waals surface area contributed by atoms with Crippen LogP contribution in [0.25, 0.3) is 0 Å². The molecule has 1 heterocycles. The Morgan fingerprint density at radius 3 is 3.07 bits per heavy atom. The van der Waals surface area contributed by atoms with Gasteiger partial charge in [0, 0.05) is 11.9 Å². The first kappa shape index (κ1) is 11.3. The molecule has 0 bridgehead atoms. The van der Waals surface area contributed by atoms with Gasteiger partial charge >= 0.3 is 5.97 Å². The van der Waals surface area contributed by atoms with Gasteiger partial charge in [-0.05, 0) is 24.6 Å². The summed E-state index contributed by atoms with van der Waals surface area (Å²) in [5.41, 5.74) is 0.989. The van der Waals surface area contributed by atoms with Gasteiger partial charge in [-0.3, -0.25) is 4.79 Å². The molecule has 1 atom stereocenters. The molecular formula is C9H10ClNO2S. The average molecular weight is 232 g/mol. The Hall–Kier alpha value is -0.740. The van der Waals surface area contributed by atoms with Crippen LogP contribution in [0.2, 0.25) is 5.15 Å². The number of hydrogen-bond donors (Lipinski definition) is 1. The highest BCUT2D eigenvalue weighted by Crippen LogP contribution is 2.18. The fraction of sp³-hybridized carbons (Fsp3) is 0.333. The molecule has 3 nitrogen and oxygen atoms in total. The van der Waals surface area contributed by atoms with Crippen molar-refractivity contribution in [2.75, 3.05) is 0 Å². The van der Waals surface area contributed by atoms with Gasteiger partial charge in [-0.2, -0.15) is 0 Å². The van der Waals surface area contributed by atoms with Gasteiger partial charge in [-0.25, -0.2) is 4.98 Å². The average Bonchev–Trinajstić information content (AvgIpc) is 2.14. The molecule has 1 N–H and O–H groups in total. The van der Waals surface area contributed by atoms with E-state index in [1.54, 1.807) is 19.2 Å². The van der Waals surface area contributed by atoms with Gasteiger partial charge in [-0.15, -0.1) is 11.8 Å². The topological polar surface area (TPSA) is 50.2 Å². The van der Waals surface area contributed by atoms with E-state index in [1.165, 1.54) is 11.8 Å². The number of rotatable bonds is 4. The Balaban J connectivity index is 2.49. The third kappa shape index (κ3) is 3.55. The number of halogens is 1. The SMILES string of the molecule is CC(SCc1ccnc(Cl)c1)C(=O)O. The van der Waals surface area contributed by atoms with E-state index in [9.17, 15) is 4.79 Å². The summed E-state index contributed by atoms with van der Waals surface area (Å²) in [5.74, 6) is -0.162. The van der Waals surface area contributed by atoms with Crippen molar-refractivity contribution in [3.63, 3.8) is 0 Å². The van der Waals surface area contributed by atoms with Crippen molar-refractivity contribution in [3.05, 3.63) is 29.0 Å². The first-order valence-corrected chi connectivity index (χ1v) is 5.47. The van der Waals surface area contributed by atoms with E-state index >= 15 is 0 Å². The van der Waals surface area contributed by atoms with Crippen LogP contribution < -0.4 is 0 Å². The largest absolute Gasteiger partial charge is 0.480 e. The quantitative estimate of drug-likeness (QED) is 0.809. The van der Waals surface area contributed by atoms with E-state index in [2.05, 4.69) is 4.98 Å². The monoisotopic (exact) mass is 231 g/mol. The van der Waals surface area contributed by atoms with Crippen LogP contribution in [-0.4, -0.2) is 21.3 Å². The second-order valence-electron chi connectivity index (χ2n) is 2.78. The minimum absolute atomic E-state index is 0.401. The summed E-state index contributed by atoms with van der Waals surface area (Å²) in [6.45, 7) is 1.66. The van der Waals surface area contributed by atoms with Gasteiger partial charge in [0.1, 0.15) is 5.15 Å². The van der Waals surface area contributed by atoms with Crippen molar-refractivity contribution in [2.45, 2.75) is 17.9 Å². The molecule has 0 aliphatic heterocycles. The zero-order chi connectivity index (χ0) is 10.6. The lowest BCUT2D eigenvalue weighted by atomic mass is 10.3.